The van der Waals surface area contributed by atoms with Gasteiger partial charge in [-0.1, -0.05) is 13.8 Å². The van der Waals surface area contributed by atoms with Crippen molar-refractivity contribution in [1.29, 1.82) is 0 Å². The van der Waals surface area contributed by atoms with Crippen molar-refractivity contribution in [2.45, 2.75) is 33.4 Å². The van der Waals surface area contributed by atoms with Crippen LogP contribution in [0.2, 0.25) is 0 Å². The van der Waals surface area contributed by atoms with Gasteiger partial charge in [0.2, 0.25) is 0 Å². The molecule has 0 aromatic heterocycles. The standard InChI is InChI=1S/C16H32F3N5/c1-4-20-15(21-7-6-16(17,18)19)22-12-14(3)13-24-10-8-23(5-2)9-11-24/h14H,4-13H2,1-3H3,(H2,20,21,22). The van der Waals surface area contributed by atoms with Crippen LogP contribution in [0.3, 0.4) is 0 Å². The number of likely N-dealkylation sites (N-methyl/N-ethyl adjacent to an activating group) is 1. The monoisotopic (exact) mass is 351 g/mol. The van der Waals surface area contributed by atoms with Gasteiger partial charge >= 0.3 is 6.18 Å². The largest absolute Gasteiger partial charge is 0.390 e. The summed E-state index contributed by atoms with van der Waals surface area (Å²) >= 11 is 0. The fourth-order valence-electron chi connectivity index (χ4n) is 2.70. The van der Waals surface area contributed by atoms with Gasteiger partial charge in [0.25, 0.3) is 0 Å². The van der Waals surface area contributed by atoms with Crippen LogP contribution in [0.1, 0.15) is 27.2 Å². The molecule has 1 rings (SSSR count). The Morgan fingerprint density at radius 1 is 1.08 bits per heavy atom. The summed E-state index contributed by atoms with van der Waals surface area (Å²) in [5, 5.41) is 5.74. The maximum atomic E-state index is 12.2. The smallest absolute Gasteiger partial charge is 0.357 e. The molecule has 0 saturated carbocycles. The number of hydrogen-bond donors (Lipinski definition) is 2. The predicted molar refractivity (Wildman–Crippen MR) is 92.4 cm³/mol. The van der Waals surface area contributed by atoms with Gasteiger partial charge in [-0.05, 0) is 19.4 Å². The van der Waals surface area contributed by atoms with E-state index in [9.17, 15) is 13.2 Å². The molecule has 0 aromatic rings. The van der Waals surface area contributed by atoms with E-state index < -0.39 is 12.6 Å². The number of guanidine groups is 1. The molecule has 1 unspecified atom stereocenters. The lowest BCUT2D eigenvalue weighted by Gasteiger charge is -2.35. The van der Waals surface area contributed by atoms with Crippen molar-refractivity contribution in [1.82, 2.24) is 20.4 Å². The van der Waals surface area contributed by atoms with Crippen molar-refractivity contribution in [3.8, 4) is 0 Å². The molecule has 5 nitrogen and oxygen atoms in total. The van der Waals surface area contributed by atoms with Crippen LogP contribution >= 0.6 is 0 Å². The van der Waals surface area contributed by atoms with E-state index in [2.05, 4.69) is 39.3 Å². The molecule has 1 heterocycles. The summed E-state index contributed by atoms with van der Waals surface area (Å²) in [5.41, 5.74) is 0. The second-order valence-electron chi connectivity index (χ2n) is 6.35. The zero-order valence-electron chi connectivity index (χ0n) is 15.1. The molecule has 0 bridgehead atoms. The molecule has 24 heavy (non-hydrogen) atoms. The highest BCUT2D eigenvalue weighted by molar-refractivity contribution is 5.79. The van der Waals surface area contributed by atoms with E-state index in [4.69, 9.17) is 0 Å². The lowest BCUT2D eigenvalue weighted by Crippen LogP contribution is -2.47. The minimum Gasteiger partial charge on any atom is -0.357 e. The van der Waals surface area contributed by atoms with Crippen molar-refractivity contribution >= 4 is 5.96 Å². The van der Waals surface area contributed by atoms with Crippen LogP contribution < -0.4 is 10.6 Å². The van der Waals surface area contributed by atoms with Gasteiger partial charge in [0.1, 0.15) is 0 Å². The maximum absolute atomic E-state index is 12.2. The van der Waals surface area contributed by atoms with Crippen molar-refractivity contribution in [2.24, 2.45) is 10.9 Å². The molecule has 0 amide bonds. The minimum atomic E-state index is -4.14. The number of hydrogen-bond acceptors (Lipinski definition) is 3. The van der Waals surface area contributed by atoms with Gasteiger partial charge in [-0.3, -0.25) is 4.99 Å². The lowest BCUT2D eigenvalue weighted by molar-refractivity contribution is -0.132. The Labute approximate surface area is 143 Å². The average molecular weight is 351 g/mol. The molecule has 1 fully saturated rings. The Bertz CT molecular complexity index is 365. The molecular formula is C16H32F3N5. The Morgan fingerprint density at radius 3 is 2.25 bits per heavy atom. The van der Waals surface area contributed by atoms with Crippen LogP contribution in [-0.4, -0.2) is 80.8 Å². The van der Waals surface area contributed by atoms with Gasteiger partial charge in [0.15, 0.2) is 5.96 Å². The van der Waals surface area contributed by atoms with Crippen LogP contribution in [0.25, 0.3) is 0 Å². The highest BCUT2D eigenvalue weighted by Crippen LogP contribution is 2.18. The van der Waals surface area contributed by atoms with Gasteiger partial charge in [-0.15, -0.1) is 0 Å². The molecular weight excluding hydrogens is 319 g/mol. The number of nitrogens with one attached hydrogen (secondary N) is 2. The number of aliphatic imine (C=N–C) groups is 1. The Kier molecular flexibility index (Phi) is 9.43. The summed E-state index contributed by atoms with van der Waals surface area (Å²) in [7, 11) is 0. The summed E-state index contributed by atoms with van der Waals surface area (Å²) in [5.74, 6) is 0.834. The fourth-order valence-corrected chi connectivity index (χ4v) is 2.70. The second-order valence-corrected chi connectivity index (χ2v) is 6.35. The van der Waals surface area contributed by atoms with E-state index in [1.807, 2.05) is 6.92 Å². The van der Waals surface area contributed by atoms with E-state index in [1.165, 1.54) is 0 Å². The van der Waals surface area contributed by atoms with E-state index in [0.29, 0.717) is 25.0 Å². The van der Waals surface area contributed by atoms with Crippen LogP contribution in [-0.2, 0) is 0 Å². The summed E-state index contributed by atoms with van der Waals surface area (Å²) in [6.45, 7) is 13.7. The Balaban J connectivity index is 2.33. The summed E-state index contributed by atoms with van der Waals surface area (Å²) < 4.78 is 36.6. The number of alkyl halides is 3. The molecule has 0 spiro atoms. The van der Waals surface area contributed by atoms with E-state index >= 15 is 0 Å². The lowest BCUT2D eigenvalue weighted by atomic mass is 10.1. The molecule has 0 aliphatic carbocycles. The number of rotatable bonds is 8. The molecule has 1 saturated heterocycles. The first-order chi connectivity index (χ1) is 11.3. The second kappa shape index (κ2) is 10.8. The highest BCUT2D eigenvalue weighted by Gasteiger charge is 2.26. The Hall–Kier alpha value is -1.02. The van der Waals surface area contributed by atoms with Crippen LogP contribution in [0.15, 0.2) is 4.99 Å². The topological polar surface area (TPSA) is 42.9 Å². The third-order valence-electron chi connectivity index (χ3n) is 4.09. The molecule has 142 valence electrons. The van der Waals surface area contributed by atoms with Crippen LogP contribution in [0.4, 0.5) is 13.2 Å². The van der Waals surface area contributed by atoms with Crippen LogP contribution in [0.5, 0.6) is 0 Å². The van der Waals surface area contributed by atoms with Gasteiger partial charge in [-0.25, -0.2) is 0 Å². The Morgan fingerprint density at radius 2 is 1.71 bits per heavy atom. The van der Waals surface area contributed by atoms with Gasteiger partial charge < -0.3 is 20.4 Å². The zero-order valence-corrected chi connectivity index (χ0v) is 15.1. The predicted octanol–water partition coefficient (Wildman–Crippen LogP) is 1.77. The molecule has 8 heteroatoms. The van der Waals surface area contributed by atoms with Crippen molar-refractivity contribution in [3.63, 3.8) is 0 Å². The molecule has 1 aliphatic rings. The van der Waals surface area contributed by atoms with E-state index in [1.54, 1.807) is 0 Å². The van der Waals surface area contributed by atoms with E-state index in [0.717, 1.165) is 39.3 Å². The van der Waals surface area contributed by atoms with Gasteiger partial charge in [-0.2, -0.15) is 13.2 Å². The minimum absolute atomic E-state index is 0.150. The van der Waals surface area contributed by atoms with Crippen molar-refractivity contribution in [3.05, 3.63) is 0 Å². The first-order valence-corrected chi connectivity index (χ1v) is 8.87. The van der Waals surface area contributed by atoms with Gasteiger partial charge in [0.05, 0.1) is 6.42 Å². The fraction of sp³-hybridized carbons (Fsp3) is 0.938. The third kappa shape index (κ3) is 9.32. The SMILES string of the molecule is CCNC(=NCC(C)CN1CCN(CC)CC1)NCCC(F)(F)F. The zero-order chi connectivity index (χ0) is 18.0. The first-order valence-electron chi connectivity index (χ1n) is 8.87. The van der Waals surface area contributed by atoms with Gasteiger partial charge in [0, 0.05) is 52.4 Å². The normalized spacial score (nSPS) is 19.3. The maximum Gasteiger partial charge on any atom is 0.390 e. The molecule has 1 aliphatic heterocycles. The van der Waals surface area contributed by atoms with Crippen molar-refractivity contribution < 1.29 is 13.2 Å². The number of halogens is 3. The molecule has 2 N–H and O–H groups in total. The average Bonchev–Trinajstić information content (AvgIpc) is 2.52. The summed E-state index contributed by atoms with van der Waals surface area (Å²) in [4.78, 5) is 9.30. The third-order valence-corrected chi connectivity index (χ3v) is 4.09. The quantitative estimate of drug-likeness (QED) is 0.517. The van der Waals surface area contributed by atoms with Crippen LogP contribution in [0, 0.1) is 5.92 Å². The summed E-state index contributed by atoms with van der Waals surface area (Å²) in [6, 6.07) is 0. The van der Waals surface area contributed by atoms with Crippen molar-refractivity contribution in [2.75, 3.05) is 58.9 Å². The molecule has 0 aromatic carbocycles. The molecule has 0 radical (unpaired) electrons. The summed E-state index contributed by atoms with van der Waals surface area (Å²) in [6.07, 6.45) is -4.99. The number of piperazine rings is 1. The van der Waals surface area contributed by atoms with E-state index in [-0.39, 0.29) is 6.54 Å². The molecule has 1 atom stereocenters. The number of nitrogens with zero attached hydrogens (tertiary/aromatic N) is 3. The first kappa shape index (κ1) is 21.0. The highest BCUT2D eigenvalue weighted by atomic mass is 19.4.